The predicted molar refractivity (Wildman–Crippen MR) is 161 cm³/mol. The second kappa shape index (κ2) is 12.1. The zero-order valence-electron chi connectivity index (χ0n) is 24.2. The van der Waals surface area contributed by atoms with Gasteiger partial charge >= 0.3 is 0 Å². The fraction of sp³-hybridized carbons (Fsp3) is 0.424. The van der Waals surface area contributed by atoms with Gasteiger partial charge in [0.05, 0.1) is 27.3 Å². The Labute approximate surface area is 260 Å². The first-order chi connectivity index (χ1) is 21.0. The molecule has 0 radical (unpaired) electrons. The molecule has 0 aromatic heterocycles. The van der Waals surface area contributed by atoms with Gasteiger partial charge in [-0.05, 0) is 67.7 Å². The molecule has 6 nitrogen and oxygen atoms in total. The van der Waals surface area contributed by atoms with Crippen LogP contribution in [0.2, 0.25) is 5.02 Å². The fourth-order valence-corrected chi connectivity index (χ4v) is 10.6. The molecule has 1 amide bonds. The topological polar surface area (TPSA) is 75.7 Å². The Morgan fingerprint density at radius 2 is 1.68 bits per heavy atom. The van der Waals surface area contributed by atoms with E-state index in [1.54, 1.807) is 0 Å². The number of nitrogens with zero attached hydrogens (tertiary/aromatic N) is 1. The highest BCUT2D eigenvalue weighted by molar-refractivity contribution is 7.92. The Morgan fingerprint density at radius 3 is 2.32 bits per heavy atom. The molecule has 2 bridgehead atoms. The average molecular weight is 647 g/mol. The van der Waals surface area contributed by atoms with Crippen LogP contribution in [0.5, 0.6) is 0 Å². The lowest BCUT2D eigenvalue weighted by atomic mass is 9.67. The molecule has 5 atom stereocenters. The number of benzene rings is 3. The second-order valence-electron chi connectivity index (χ2n) is 12.3. The van der Waals surface area contributed by atoms with Gasteiger partial charge in [0.25, 0.3) is 5.91 Å². The molecular formula is C33H34ClF3N2O4S. The highest BCUT2D eigenvalue weighted by Gasteiger charge is 2.61. The van der Waals surface area contributed by atoms with E-state index in [0.717, 1.165) is 31.2 Å². The van der Waals surface area contributed by atoms with Crippen molar-refractivity contribution in [2.45, 2.75) is 67.7 Å². The van der Waals surface area contributed by atoms with E-state index in [-0.39, 0.29) is 38.5 Å². The molecule has 1 N–H and O–H groups in total. The summed E-state index contributed by atoms with van der Waals surface area (Å²) in [5, 5.41) is 3.76. The monoisotopic (exact) mass is 646 g/mol. The lowest BCUT2D eigenvalue weighted by Gasteiger charge is -2.48. The van der Waals surface area contributed by atoms with E-state index in [9.17, 15) is 26.4 Å². The second-order valence-corrected chi connectivity index (χ2v) is 14.8. The summed E-state index contributed by atoms with van der Waals surface area (Å²) < 4.78 is 69.4. The van der Waals surface area contributed by atoms with Gasteiger partial charge in [0.15, 0.2) is 27.3 Å². The largest absolute Gasteiger partial charge is 0.322 e. The van der Waals surface area contributed by atoms with Gasteiger partial charge in [0, 0.05) is 35.8 Å². The van der Waals surface area contributed by atoms with Gasteiger partial charge in [-0.2, -0.15) is 5.06 Å². The first-order valence-electron chi connectivity index (χ1n) is 15.0. The number of carbonyl (C=O) groups excluding carboxylic acids is 1. The summed E-state index contributed by atoms with van der Waals surface area (Å²) in [5.41, 5.74) is 0.509. The molecule has 1 aliphatic heterocycles. The zero-order valence-corrected chi connectivity index (χ0v) is 25.8. The van der Waals surface area contributed by atoms with Crippen molar-refractivity contribution in [2.24, 2.45) is 17.8 Å². The van der Waals surface area contributed by atoms with Gasteiger partial charge in [0.1, 0.15) is 0 Å². The lowest BCUT2D eigenvalue weighted by molar-refractivity contribution is -0.186. The van der Waals surface area contributed by atoms with E-state index < -0.39 is 38.4 Å². The van der Waals surface area contributed by atoms with Crippen molar-refractivity contribution in [3.05, 3.63) is 94.3 Å². The summed E-state index contributed by atoms with van der Waals surface area (Å²) in [5.74, 6) is -5.31. The summed E-state index contributed by atoms with van der Waals surface area (Å²) in [6.07, 6.45) is 4.91. The minimum atomic E-state index is -3.97. The van der Waals surface area contributed by atoms with Crippen molar-refractivity contribution in [1.29, 1.82) is 0 Å². The maximum atomic E-state index is 14.3. The third-order valence-corrected chi connectivity index (χ3v) is 12.5. The van der Waals surface area contributed by atoms with Crippen LogP contribution in [0.4, 0.5) is 18.9 Å². The molecule has 44 heavy (non-hydrogen) atoms. The molecule has 2 saturated carbocycles. The van der Waals surface area contributed by atoms with Crippen LogP contribution in [-0.4, -0.2) is 36.8 Å². The van der Waals surface area contributed by atoms with Crippen molar-refractivity contribution in [3.8, 4) is 0 Å². The van der Waals surface area contributed by atoms with Crippen LogP contribution in [0.3, 0.4) is 0 Å². The number of hydrogen-bond acceptors (Lipinski definition) is 5. The average Bonchev–Trinajstić information content (AvgIpc) is 3.46. The lowest BCUT2D eigenvalue weighted by Crippen LogP contribution is -2.55. The maximum Gasteiger partial charge on any atom is 0.255 e. The first-order valence-corrected chi connectivity index (χ1v) is 16.9. The van der Waals surface area contributed by atoms with Crippen LogP contribution >= 0.6 is 11.6 Å². The molecule has 1 spiro atoms. The summed E-state index contributed by atoms with van der Waals surface area (Å²) in [6, 6.07) is 15.3. The number of hydroxylamine groups is 2. The minimum absolute atomic E-state index is 0.00105. The molecule has 3 aliphatic rings. The number of hydrogen-bond donors (Lipinski definition) is 1. The third kappa shape index (κ3) is 5.55. The molecular weight excluding hydrogens is 613 g/mol. The maximum absolute atomic E-state index is 14.3. The van der Waals surface area contributed by atoms with Crippen LogP contribution in [-0.2, 0) is 21.2 Å². The molecule has 234 valence electrons. The highest BCUT2D eigenvalue weighted by atomic mass is 35.5. The number of carbonyl (C=O) groups is 1. The molecule has 3 aromatic carbocycles. The van der Waals surface area contributed by atoms with E-state index in [1.165, 1.54) is 18.2 Å². The Hall–Kier alpha value is -2.92. The number of fused-ring (bicyclic) bond motifs is 2. The Kier molecular flexibility index (Phi) is 8.56. The van der Waals surface area contributed by atoms with E-state index in [0.29, 0.717) is 44.0 Å². The highest BCUT2D eigenvalue weighted by Crippen LogP contribution is 2.57. The van der Waals surface area contributed by atoms with Gasteiger partial charge in [-0.15, -0.1) is 0 Å². The molecule has 3 aromatic rings. The standard InChI is InChI=1S/C33H34ClF3N2O4S/c1-2-6-24-19-43-39(18-20-7-4-3-5-8-20)33(24)16-22-9-10-23(17-33)31(22)44(41,42)29-13-21(11-12-26(29)34)32(40)38-25-14-27(35)30(37)28(36)15-25/h3-5,7-8,11-15,22-24,31H,2,6,9-10,16-19H2,1H3,(H,38,40)/t22-,23?,24?,31?,33-/m1/s1. The molecule has 1 heterocycles. The van der Waals surface area contributed by atoms with Crippen molar-refractivity contribution >= 4 is 33.0 Å². The molecule has 1 saturated heterocycles. The number of sulfone groups is 1. The normalized spacial score (nSPS) is 26.8. The van der Waals surface area contributed by atoms with Crippen molar-refractivity contribution in [3.63, 3.8) is 0 Å². The van der Waals surface area contributed by atoms with Gasteiger partial charge in [-0.25, -0.2) is 21.6 Å². The van der Waals surface area contributed by atoms with E-state index in [1.807, 2.05) is 18.2 Å². The van der Waals surface area contributed by atoms with Crippen molar-refractivity contribution in [2.75, 3.05) is 11.9 Å². The van der Waals surface area contributed by atoms with Gasteiger partial charge in [-0.1, -0.05) is 55.3 Å². The van der Waals surface area contributed by atoms with Crippen LogP contribution in [0.25, 0.3) is 0 Å². The zero-order chi connectivity index (χ0) is 31.2. The summed E-state index contributed by atoms with van der Waals surface area (Å²) in [6.45, 7) is 3.40. The number of nitrogens with one attached hydrogen (secondary N) is 1. The molecule has 3 fully saturated rings. The molecule has 2 aliphatic carbocycles. The van der Waals surface area contributed by atoms with E-state index in [2.05, 4.69) is 29.4 Å². The van der Waals surface area contributed by atoms with Gasteiger partial charge in [0.2, 0.25) is 0 Å². The number of amides is 1. The first kappa shape index (κ1) is 31.1. The SMILES string of the molecule is CCCC1CON(Cc2ccccc2)[C@]12CC1CC[C@H](C2)C1S(=O)(=O)c1cc(C(=O)Nc2cc(F)c(F)c(F)c2)ccc1Cl. The summed E-state index contributed by atoms with van der Waals surface area (Å²) in [4.78, 5) is 19.2. The van der Waals surface area contributed by atoms with Crippen molar-refractivity contribution < 1.29 is 31.2 Å². The quantitative estimate of drug-likeness (QED) is 0.256. The predicted octanol–water partition coefficient (Wildman–Crippen LogP) is 7.57. The Bertz CT molecular complexity index is 1640. The molecule has 3 unspecified atom stereocenters. The Morgan fingerprint density at radius 1 is 1.02 bits per heavy atom. The number of anilines is 1. The number of halogens is 4. The smallest absolute Gasteiger partial charge is 0.255 e. The summed E-state index contributed by atoms with van der Waals surface area (Å²) in [7, 11) is -3.97. The van der Waals surface area contributed by atoms with Crippen LogP contribution in [0.15, 0.2) is 65.6 Å². The fourth-order valence-electron chi connectivity index (χ4n) is 7.77. The van der Waals surface area contributed by atoms with Crippen LogP contribution < -0.4 is 5.32 Å². The Balaban J connectivity index is 1.27. The number of rotatable bonds is 8. The van der Waals surface area contributed by atoms with Gasteiger partial charge < -0.3 is 5.32 Å². The summed E-state index contributed by atoms with van der Waals surface area (Å²) >= 11 is 6.46. The van der Waals surface area contributed by atoms with E-state index >= 15 is 0 Å². The molecule has 6 rings (SSSR count). The van der Waals surface area contributed by atoms with Crippen molar-refractivity contribution in [1.82, 2.24) is 5.06 Å². The van der Waals surface area contributed by atoms with Crippen LogP contribution in [0.1, 0.15) is 61.4 Å². The third-order valence-electron chi connectivity index (χ3n) is 9.66. The molecule has 11 heteroatoms. The van der Waals surface area contributed by atoms with Gasteiger partial charge in [-0.3, -0.25) is 9.63 Å². The van der Waals surface area contributed by atoms with Crippen LogP contribution in [0, 0.1) is 35.2 Å². The minimum Gasteiger partial charge on any atom is -0.322 e. The van der Waals surface area contributed by atoms with E-state index in [4.69, 9.17) is 16.4 Å².